The van der Waals surface area contributed by atoms with Crippen LogP contribution in [0, 0.1) is 0 Å². The lowest BCUT2D eigenvalue weighted by Crippen LogP contribution is -2.21. The molecular weight excluding hydrogens is 192 g/mol. The lowest BCUT2D eigenvalue weighted by molar-refractivity contribution is 0.141. The van der Waals surface area contributed by atoms with E-state index in [1.807, 2.05) is 19.1 Å². The molecule has 0 spiro atoms. The molecule has 0 amide bonds. The fourth-order valence-electron chi connectivity index (χ4n) is 1.22. The van der Waals surface area contributed by atoms with E-state index in [9.17, 15) is 0 Å². The summed E-state index contributed by atoms with van der Waals surface area (Å²) in [5.74, 6) is 5.91. The van der Waals surface area contributed by atoms with Crippen molar-refractivity contribution >= 4 is 11.5 Å². The van der Waals surface area contributed by atoms with Crippen LogP contribution in [0.25, 0.3) is 0 Å². The van der Waals surface area contributed by atoms with Crippen LogP contribution in [0.4, 0.5) is 11.5 Å². The maximum absolute atomic E-state index is 5.31. The van der Waals surface area contributed by atoms with Crippen molar-refractivity contribution in [2.75, 3.05) is 24.0 Å². The van der Waals surface area contributed by atoms with Gasteiger partial charge in [0.25, 0.3) is 0 Å². The molecule has 1 aromatic heterocycles. The average Bonchev–Trinajstić information content (AvgIpc) is 2.26. The number of aromatic nitrogens is 1. The van der Waals surface area contributed by atoms with Gasteiger partial charge in [0.05, 0.1) is 6.61 Å². The molecule has 15 heavy (non-hydrogen) atoms. The van der Waals surface area contributed by atoms with Gasteiger partial charge in [-0.25, -0.2) is 10.8 Å². The van der Waals surface area contributed by atoms with E-state index in [1.54, 1.807) is 6.20 Å². The van der Waals surface area contributed by atoms with Gasteiger partial charge in [0.1, 0.15) is 5.82 Å². The van der Waals surface area contributed by atoms with Crippen molar-refractivity contribution in [1.82, 2.24) is 4.98 Å². The van der Waals surface area contributed by atoms with E-state index < -0.39 is 0 Å². The molecule has 1 aromatic rings. The number of pyridine rings is 1. The maximum Gasteiger partial charge on any atom is 0.141 e. The first-order valence-electron chi connectivity index (χ1n) is 5.03. The van der Waals surface area contributed by atoms with Gasteiger partial charge in [0.2, 0.25) is 0 Å². The summed E-state index contributed by atoms with van der Waals surface area (Å²) in [6, 6.07) is 4.00. The number of nitrogens with zero attached hydrogens (tertiary/aromatic N) is 1. The van der Waals surface area contributed by atoms with Crippen LogP contribution in [-0.2, 0) is 4.74 Å². The van der Waals surface area contributed by atoms with Gasteiger partial charge >= 0.3 is 0 Å². The number of nitrogens with two attached hydrogens (primary N) is 1. The molecule has 0 aliphatic carbocycles. The fourth-order valence-corrected chi connectivity index (χ4v) is 1.22. The van der Waals surface area contributed by atoms with Crippen molar-refractivity contribution in [2.24, 2.45) is 5.84 Å². The highest BCUT2D eigenvalue weighted by atomic mass is 16.5. The quantitative estimate of drug-likeness (QED) is 0.486. The van der Waals surface area contributed by atoms with E-state index in [1.165, 1.54) is 0 Å². The van der Waals surface area contributed by atoms with Crippen molar-refractivity contribution in [3.8, 4) is 0 Å². The number of hydrazine groups is 1. The van der Waals surface area contributed by atoms with E-state index in [0.717, 1.165) is 12.3 Å². The zero-order valence-corrected chi connectivity index (χ0v) is 9.16. The number of ether oxygens (including phenoxy) is 1. The van der Waals surface area contributed by atoms with Crippen molar-refractivity contribution in [3.05, 3.63) is 18.3 Å². The van der Waals surface area contributed by atoms with Crippen LogP contribution in [0.15, 0.2) is 18.3 Å². The summed E-state index contributed by atoms with van der Waals surface area (Å²) in [5.41, 5.74) is 3.48. The smallest absolute Gasteiger partial charge is 0.141 e. The van der Waals surface area contributed by atoms with Crippen LogP contribution in [0.2, 0.25) is 0 Å². The molecule has 1 rings (SSSR count). The number of hydrogen-bond acceptors (Lipinski definition) is 5. The second-order valence-corrected chi connectivity index (χ2v) is 3.28. The van der Waals surface area contributed by atoms with Crippen LogP contribution >= 0.6 is 0 Å². The third-order valence-corrected chi connectivity index (χ3v) is 1.89. The Morgan fingerprint density at radius 1 is 1.60 bits per heavy atom. The Morgan fingerprint density at radius 3 is 3.07 bits per heavy atom. The molecular formula is C10H18N4O. The van der Waals surface area contributed by atoms with Crippen LogP contribution in [0.5, 0.6) is 0 Å². The van der Waals surface area contributed by atoms with Gasteiger partial charge in [0.15, 0.2) is 0 Å². The minimum atomic E-state index is 0.262. The summed E-state index contributed by atoms with van der Waals surface area (Å²) >= 11 is 0. The number of nitrogen functional groups attached to an aromatic ring is 1. The van der Waals surface area contributed by atoms with Gasteiger partial charge < -0.3 is 15.5 Å². The van der Waals surface area contributed by atoms with Gasteiger partial charge in [0, 0.05) is 30.6 Å². The Labute approximate surface area is 90.0 Å². The standard InChI is InChI=1S/C10H18N4O/c1-3-15-7-8(2)13-9-4-5-12-10(6-9)14-11/h4-6,8H,3,7,11H2,1-2H3,(H2,12,13,14). The Bertz CT molecular complexity index is 293. The Morgan fingerprint density at radius 2 is 2.40 bits per heavy atom. The van der Waals surface area contributed by atoms with Gasteiger partial charge in [-0.15, -0.1) is 0 Å². The summed E-state index contributed by atoms with van der Waals surface area (Å²) < 4.78 is 5.31. The molecule has 0 aromatic carbocycles. The lowest BCUT2D eigenvalue weighted by Gasteiger charge is -2.15. The van der Waals surface area contributed by atoms with E-state index in [0.29, 0.717) is 12.4 Å². The molecule has 0 bridgehead atoms. The highest BCUT2D eigenvalue weighted by molar-refractivity contribution is 5.51. The molecule has 0 aliphatic heterocycles. The predicted octanol–water partition coefficient (Wildman–Crippen LogP) is 1.20. The maximum atomic E-state index is 5.31. The molecule has 5 nitrogen and oxygen atoms in total. The first kappa shape index (κ1) is 11.7. The number of anilines is 2. The highest BCUT2D eigenvalue weighted by Crippen LogP contribution is 2.11. The van der Waals surface area contributed by atoms with Crippen LogP contribution in [0.1, 0.15) is 13.8 Å². The molecule has 5 heteroatoms. The number of hydrogen-bond donors (Lipinski definition) is 3. The second kappa shape index (κ2) is 6.21. The van der Waals surface area contributed by atoms with E-state index in [-0.39, 0.29) is 6.04 Å². The SMILES string of the molecule is CCOCC(C)Nc1ccnc(NN)c1. The lowest BCUT2D eigenvalue weighted by atomic mass is 10.3. The molecule has 0 saturated heterocycles. The van der Waals surface area contributed by atoms with Crippen molar-refractivity contribution in [1.29, 1.82) is 0 Å². The monoisotopic (exact) mass is 210 g/mol. The molecule has 1 atom stereocenters. The number of rotatable bonds is 6. The molecule has 84 valence electrons. The summed E-state index contributed by atoms with van der Waals surface area (Å²) in [7, 11) is 0. The highest BCUT2D eigenvalue weighted by Gasteiger charge is 2.02. The van der Waals surface area contributed by atoms with Crippen LogP contribution < -0.4 is 16.6 Å². The molecule has 0 radical (unpaired) electrons. The first-order chi connectivity index (χ1) is 7.26. The summed E-state index contributed by atoms with van der Waals surface area (Å²) in [6.45, 7) is 5.46. The Balaban J connectivity index is 2.48. The third-order valence-electron chi connectivity index (χ3n) is 1.89. The minimum Gasteiger partial charge on any atom is -0.380 e. The van der Waals surface area contributed by atoms with Gasteiger partial charge in [-0.1, -0.05) is 0 Å². The second-order valence-electron chi connectivity index (χ2n) is 3.28. The van der Waals surface area contributed by atoms with Gasteiger partial charge in [-0.2, -0.15) is 0 Å². The van der Waals surface area contributed by atoms with E-state index in [2.05, 4.69) is 22.7 Å². The zero-order valence-electron chi connectivity index (χ0n) is 9.16. The molecule has 0 saturated carbocycles. The molecule has 0 aliphatic rings. The average molecular weight is 210 g/mol. The molecule has 1 unspecified atom stereocenters. The topological polar surface area (TPSA) is 72.2 Å². The van der Waals surface area contributed by atoms with Crippen LogP contribution in [-0.4, -0.2) is 24.2 Å². The van der Waals surface area contributed by atoms with E-state index >= 15 is 0 Å². The van der Waals surface area contributed by atoms with Gasteiger partial charge in [-0.3, -0.25) is 0 Å². The first-order valence-corrected chi connectivity index (χ1v) is 5.03. The minimum absolute atomic E-state index is 0.262. The fraction of sp³-hybridized carbons (Fsp3) is 0.500. The normalized spacial score (nSPS) is 12.2. The van der Waals surface area contributed by atoms with Crippen LogP contribution in [0.3, 0.4) is 0 Å². The van der Waals surface area contributed by atoms with Crippen molar-refractivity contribution < 1.29 is 4.74 Å². The Hall–Kier alpha value is -1.33. The summed E-state index contributed by atoms with van der Waals surface area (Å²) in [5, 5.41) is 3.29. The van der Waals surface area contributed by atoms with E-state index in [4.69, 9.17) is 10.6 Å². The van der Waals surface area contributed by atoms with Crippen molar-refractivity contribution in [3.63, 3.8) is 0 Å². The molecule has 4 N–H and O–H groups in total. The van der Waals surface area contributed by atoms with Crippen molar-refractivity contribution in [2.45, 2.75) is 19.9 Å². The molecule has 1 heterocycles. The zero-order chi connectivity index (χ0) is 11.1. The molecule has 0 fully saturated rings. The summed E-state index contributed by atoms with van der Waals surface area (Å²) in [6.07, 6.45) is 1.70. The number of nitrogens with one attached hydrogen (secondary N) is 2. The predicted molar refractivity (Wildman–Crippen MR) is 61.6 cm³/mol. The summed E-state index contributed by atoms with van der Waals surface area (Å²) in [4.78, 5) is 4.02. The Kier molecular flexibility index (Phi) is 4.86. The van der Waals surface area contributed by atoms with Gasteiger partial charge in [-0.05, 0) is 19.9 Å². The largest absolute Gasteiger partial charge is 0.380 e. The third kappa shape index (κ3) is 4.14.